The second-order valence-electron chi connectivity index (χ2n) is 27.1. The highest BCUT2D eigenvalue weighted by atomic mass is 79.9. The van der Waals surface area contributed by atoms with Crippen LogP contribution in [0.2, 0.25) is 0 Å². The van der Waals surface area contributed by atoms with Crippen molar-refractivity contribution in [2.45, 2.75) is 74.7 Å². The summed E-state index contributed by atoms with van der Waals surface area (Å²) in [4.78, 5) is 9.43. The Labute approximate surface area is 667 Å². The molecule has 14 aromatic rings. The zero-order chi connectivity index (χ0) is 77.3. The van der Waals surface area contributed by atoms with Crippen molar-refractivity contribution in [2.24, 2.45) is 0 Å². The Morgan fingerprint density at radius 3 is 0.730 bits per heavy atom. The minimum Gasteiger partial charge on any atom is -0.494 e. The molecule has 2 N–H and O–H groups in total. The fourth-order valence-corrected chi connectivity index (χ4v) is 14.1. The summed E-state index contributed by atoms with van der Waals surface area (Å²) in [5.74, 6) is 1.73. The molecule has 0 radical (unpaired) electrons. The van der Waals surface area contributed by atoms with Crippen molar-refractivity contribution in [3.63, 3.8) is 0 Å². The van der Waals surface area contributed by atoms with E-state index in [4.69, 9.17) is 15.2 Å². The Kier molecular flexibility index (Phi) is 27.4. The van der Waals surface area contributed by atoms with Gasteiger partial charge in [0.2, 0.25) is 0 Å². The molecule has 111 heavy (non-hydrogen) atoms. The number of hydrogen-bond donors (Lipinski definition) is 1. The number of halogens is 1. The number of hydrogen-bond acceptors (Lipinski definition) is 7. The highest BCUT2D eigenvalue weighted by Crippen LogP contribution is 2.44. The molecule has 0 aliphatic heterocycles. The molecular weight excluding hydrogens is 1420 g/mol. The molecule has 14 aromatic carbocycles. The van der Waals surface area contributed by atoms with Gasteiger partial charge in [0.15, 0.2) is 0 Å². The number of benzene rings is 14. The van der Waals surface area contributed by atoms with Gasteiger partial charge in [0.1, 0.15) is 11.5 Å². The topological polar surface area (TPSA) is 57.4 Å². The molecule has 0 unspecified atom stereocenters. The molecule has 0 amide bonds. The molecular formula is C103H98BrN5O2. The second kappa shape index (κ2) is 39.0. The SMILES string of the molecule is CCOc1ccc(N(c2ccc(/C=C/c3ccc(N(c4ccccc4)c4c(C)cccc4CC)cc3)cc2)c2ccc(/C=C/c3ccc(N(c4ccccc4)c4c(C)cccc4CC)cc3)cc2)cc1.CCOc1ccc(N)cc1.CCc1cccc(C)c1N(c1ccccc1)c1ccc(/C=C/c2ccc(Br)cc2)cc1. The number of aryl methyl sites for hydroxylation is 6. The Morgan fingerprint density at radius 2 is 0.477 bits per heavy atom. The lowest BCUT2D eigenvalue weighted by Crippen LogP contribution is -2.13. The van der Waals surface area contributed by atoms with Gasteiger partial charge in [0.25, 0.3) is 0 Å². The van der Waals surface area contributed by atoms with Gasteiger partial charge in [0.05, 0.1) is 30.3 Å². The van der Waals surface area contributed by atoms with Crippen LogP contribution in [0.3, 0.4) is 0 Å². The molecule has 0 bridgehead atoms. The number of nitrogens with two attached hydrogens (primary N) is 1. The molecule has 0 heterocycles. The van der Waals surface area contributed by atoms with Crippen molar-refractivity contribution in [3.05, 3.63) is 411 Å². The lowest BCUT2D eigenvalue weighted by atomic mass is 10.0. The lowest BCUT2D eigenvalue weighted by Gasteiger charge is -2.29. The largest absolute Gasteiger partial charge is 0.494 e. The third kappa shape index (κ3) is 20.4. The van der Waals surface area contributed by atoms with Crippen LogP contribution >= 0.6 is 15.9 Å². The zero-order valence-electron chi connectivity index (χ0n) is 64.9. The van der Waals surface area contributed by atoms with Crippen LogP contribution in [0.25, 0.3) is 36.5 Å². The Morgan fingerprint density at radius 1 is 0.252 bits per heavy atom. The third-order valence-corrected chi connectivity index (χ3v) is 20.0. The van der Waals surface area contributed by atoms with Gasteiger partial charge in [-0.05, 0) is 278 Å². The van der Waals surface area contributed by atoms with Crippen molar-refractivity contribution in [3.8, 4) is 11.5 Å². The number of ether oxygens (including phenoxy) is 2. The zero-order valence-corrected chi connectivity index (χ0v) is 66.5. The Balaban J connectivity index is 0.000000228. The maximum atomic E-state index is 5.82. The van der Waals surface area contributed by atoms with Crippen molar-refractivity contribution in [1.82, 2.24) is 0 Å². The summed E-state index contributed by atoms with van der Waals surface area (Å²) < 4.78 is 12.1. The quantitative estimate of drug-likeness (QED) is 0.0452. The van der Waals surface area contributed by atoms with Crippen LogP contribution in [0.4, 0.5) is 73.9 Å². The number of para-hydroxylation sites is 6. The van der Waals surface area contributed by atoms with Crippen LogP contribution in [0, 0.1) is 20.8 Å². The molecule has 8 heteroatoms. The minimum atomic E-state index is 0.625. The van der Waals surface area contributed by atoms with Gasteiger partial charge in [-0.1, -0.05) is 255 Å². The summed E-state index contributed by atoms with van der Waals surface area (Å²) in [6, 6.07) is 120. The van der Waals surface area contributed by atoms with Gasteiger partial charge in [0, 0.05) is 61.3 Å². The molecule has 0 saturated heterocycles. The van der Waals surface area contributed by atoms with E-state index in [9.17, 15) is 0 Å². The number of rotatable bonds is 25. The standard InChI is InChI=1S/C66H61N3O.C29H26BrN.C8H11NO/c1-6-55-19-15-17-49(4)65(55)68(57-21-11-9-12-22-57)62-41-33-53(34-42-62)27-25-51-29-37-59(38-30-51)67(61-45-47-64(48-46-61)70-8-3)60-39-31-52(32-40-60)26-28-54-35-43-63(44-36-54)69(58-23-13-10-14-24-58)66-50(5)18-16-20-56(66)7-2;1-3-25-9-7-8-22(2)29(25)31(27-10-5-4-6-11-27)28-20-16-24(17-21-28)13-12-23-14-18-26(30)19-15-23;1-2-10-8-5-3-7(9)4-6-8/h9-48H,6-8H2,1-5H3;4-21H,3H2,1-2H3;3-6H,2,9H2,1H3/b27-25+,28-26+;13-12+;. The summed E-state index contributed by atoms with van der Waals surface area (Å²) in [5.41, 5.74) is 34.8. The molecule has 7 nitrogen and oxygen atoms in total. The average molecular weight is 1520 g/mol. The van der Waals surface area contributed by atoms with E-state index in [0.717, 1.165) is 109 Å². The van der Waals surface area contributed by atoms with Gasteiger partial charge in [-0.25, -0.2) is 0 Å². The maximum Gasteiger partial charge on any atom is 0.119 e. The number of anilines is 13. The maximum absolute atomic E-state index is 5.82. The predicted octanol–water partition coefficient (Wildman–Crippen LogP) is 29.2. The molecule has 0 aliphatic rings. The number of nitrogens with zero attached hydrogens (tertiary/aromatic N) is 4. The summed E-state index contributed by atoms with van der Waals surface area (Å²) >= 11 is 3.49. The average Bonchev–Trinajstić information content (AvgIpc) is 0.794. The third-order valence-electron chi connectivity index (χ3n) is 19.4. The van der Waals surface area contributed by atoms with Crippen LogP contribution in [0.5, 0.6) is 11.5 Å². The van der Waals surface area contributed by atoms with E-state index in [-0.39, 0.29) is 0 Å². The van der Waals surface area contributed by atoms with Crippen LogP contribution in [-0.2, 0) is 19.3 Å². The normalized spacial score (nSPS) is 11.0. The smallest absolute Gasteiger partial charge is 0.119 e. The highest BCUT2D eigenvalue weighted by Gasteiger charge is 2.22. The minimum absolute atomic E-state index is 0.625. The van der Waals surface area contributed by atoms with Crippen LogP contribution < -0.4 is 34.8 Å². The van der Waals surface area contributed by atoms with E-state index in [0.29, 0.717) is 13.2 Å². The highest BCUT2D eigenvalue weighted by molar-refractivity contribution is 9.10. The van der Waals surface area contributed by atoms with E-state index in [1.165, 1.54) is 67.3 Å². The number of nitrogen functional groups attached to an aromatic ring is 1. The first kappa shape index (κ1) is 78.0. The summed E-state index contributed by atoms with van der Waals surface area (Å²) in [7, 11) is 0. The monoisotopic (exact) mass is 1520 g/mol. The van der Waals surface area contributed by atoms with Crippen LogP contribution in [0.1, 0.15) is 101 Å². The van der Waals surface area contributed by atoms with Crippen molar-refractivity contribution >= 4 is 126 Å². The summed E-state index contributed by atoms with van der Waals surface area (Å²) in [6.45, 7) is 18.6. The van der Waals surface area contributed by atoms with E-state index in [1.807, 2.05) is 50.2 Å². The first-order valence-corrected chi connectivity index (χ1v) is 39.3. The molecule has 554 valence electrons. The van der Waals surface area contributed by atoms with Gasteiger partial charge < -0.3 is 34.8 Å². The Bertz CT molecular complexity index is 5130. The van der Waals surface area contributed by atoms with Gasteiger partial charge in [-0.2, -0.15) is 0 Å². The first-order valence-electron chi connectivity index (χ1n) is 38.5. The van der Waals surface area contributed by atoms with Gasteiger partial charge in [-0.15, -0.1) is 0 Å². The Hall–Kier alpha value is -12.6. The van der Waals surface area contributed by atoms with E-state index >= 15 is 0 Å². The fourth-order valence-electron chi connectivity index (χ4n) is 13.8. The van der Waals surface area contributed by atoms with Crippen molar-refractivity contribution in [1.29, 1.82) is 0 Å². The van der Waals surface area contributed by atoms with E-state index in [2.05, 4.69) is 417 Å². The molecule has 0 saturated carbocycles. The van der Waals surface area contributed by atoms with Crippen molar-refractivity contribution < 1.29 is 9.47 Å². The molecule has 14 rings (SSSR count). The van der Waals surface area contributed by atoms with Gasteiger partial charge in [-0.3, -0.25) is 0 Å². The molecule has 0 fully saturated rings. The van der Waals surface area contributed by atoms with Gasteiger partial charge >= 0.3 is 0 Å². The predicted molar refractivity (Wildman–Crippen MR) is 481 cm³/mol. The van der Waals surface area contributed by atoms with E-state index in [1.54, 1.807) is 0 Å². The van der Waals surface area contributed by atoms with E-state index < -0.39 is 0 Å². The molecule has 0 aromatic heterocycles. The summed E-state index contributed by atoms with van der Waals surface area (Å²) in [5, 5.41) is 0. The molecule has 0 spiro atoms. The van der Waals surface area contributed by atoms with Crippen LogP contribution in [0.15, 0.2) is 344 Å². The van der Waals surface area contributed by atoms with Crippen LogP contribution in [-0.4, -0.2) is 13.2 Å². The fraction of sp³-hybridized carbons (Fsp3) is 0.126. The first-order chi connectivity index (χ1) is 54.4. The van der Waals surface area contributed by atoms with Crippen molar-refractivity contribution in [2.75, 3.05) is 38.5 Å². The summed E-state index contributed by atoms with van der Waals surface area (Å²) in [6.07, 6.45) is 16.0. The lowest BCUT2D eigenvalue weighted by molar-refractivity contribution is 0.340. The second-order valence-corrected chi connectivity index (χ2v) is 28.0. The molecule has 0 aliphatic carbocycles. The molecule has 0 atom stereocenters.